The summed E-state index contributed by atoms with van der Waals surface area (Å²) in [6.45, 7) is 0. The summed E-state index contributed by atoms with van der Waals surface area (Å²) < 4.78 is 18.3. The van der Waals surface area contributed by atoms with Crippen molar-refractivity contribution in [2.45, 2.75) is 5.88 Å². The van der Waals surface area contributed by atoms with E-state index in [4.69, 9.17) is 27.9 Å². The lowest BCUT2D eigenvalue weighted by Gasteiger charge is -2.06. The molecule has 1 aromatic heterocycles. The van der Waals surface area contributed by atoms with E-state index in [0.717, 1.165) is 5.56 Å². The Morgan fingerprint density at radius 1 is 1.29 bits per heavy atom. The van der Waals surface area contributed by atoms with Crippen LogP contribution < -0.4 is 4.74 Å². The van der Waals surface area contributed by atoms with E-state index in [0.29, 0.717) is 16.7 Å². The fraction of sp³-hybridized carbons (Fsp3) is 0.0833. The normalized spacial score (nSPS) is 10.3. The van der Waals surface area contributed by atoms with Gasteiger partial charge in [-0.25, -0.2) is 9.37 Å². The van der Waals surface area contributed by atoms with E-state index in [2.05, 4.69) is 4.98 Å². The van der Waals surface area contributed by atoms with Crippen LogP contribution >= 0.6 is 23.2 Å². The topological polar surface area (TPSA) is 22.1 Å². The molecule has 2 nitrogen and oxygen atoms in total. The van der Waals surface area contributed by atoms with Crippen LogP contribution in [-0.4, -0.2) is 4.98 Å². The van der Waals surface area contributed by atoms with Crippen molar-refractivity contribution in [2.75, 3.05) is 0 Å². The Kier molecular flexibility index (Phi) is 3.82. The van der Waals surface area contributed by atoms with Crippen LogP contribution in [0.1, 0.15) is 5.56 Å². The molecule has 2 aromatic rings. The highest BCUT2D eigenvalue weighted by Crippen LogP contribution is 2.25. The number of hydrogen-bond acceptors (Lipinski definition) is 2. The molecule has 0 atom stereocenters. The summed E-state index contributed by atoms with van der Waals surface area (Å²) in [6, 6.07) is 7.44. The lowest BCUT2D eigenvalue weighted by Crippen LogP contribution is -1.91. The van der Waals surface area contributed by atoms with Gasteiger partial charge in [-0.3, -0.25) is 0 Å². The molecule has 0 fully saturated rings. The highest BCUT2D eigenvalue weighted by molar-refractivity contribution is 6.32. The summed E-state index contributed by atoms with van der Waals surface area (Å²) in [4.78, 5) is 3.98. The van der Waals surface area contributed by atoms with Gasteiger partial charge in [0, 0.05) is 24.2 Å². The van der Waals surface area contributed by atoms with Crippen molar-refractivity contribution in [2.24, 2.45) is 0 Å². The number of benzene rings is 1. The molecule has 88 valence electrons. The Bertz CT molecular complexity index is 534. The molecule has 1 aromatic carbocycles. The fourth-order valence-corrected chi connectivity index (χ4v) is 1.73. The molecule has 0 bridgehead atoms. The van der Waals surface area contributed by atoms with Crippen molar-refractivity contribution < 1.29 is 9.13 Å². The average molecular weight is 272 g/mol. The summed E-state index contributed by atoms with van der Waals surface area (Å²) >= 11 is 11.6. The predicted molar refractivity (Wildman–Crippen MR) is 65.3 cm³/mol. The van der Waals surface area contributed by atoms with Crippen LogP contribution in [0.2, 0.25) is 5.02 Å². The van der Waals surface area contributed by atoms with Crippen molar-refractivity contribution in [1.82, 2.24) is 4.98 Å². The molecular formula is C12H8Cl2FNO. The Labute approximate surface area is 108 Å². The summed E-state index contributed by atoms with van der Waals surface area (Å²) in [5, 5.41) is 0.478. The van der Waals surface area contributed by atoms with Gasteiger partial charge in [0.2, 0.25) is 5.88 Å². The van der Waals surface area contributed by atoms with Crippen LogP contribution in [0.25, 0.3) is 0 Å². The minimum Gasteiger partial charge on any atom is -0.439 e. The van der Waals surface area contributed by atoms with Gasteiger partial charge >= 0.3 is 0 Å². The molecule has 0 saturated carbocycles. The van der Waals surface area contributed by atoms with E-state index < -0.39 is 0 Å². The van der Waals surface area contributed by atoms with Gasteiger partial charge in [0.25, 0.3) is 0 Å². The van der Waals surface area contributed by atoms with Gasteiger partial charge < -0.3 is 4.74 Å². The molecular weight excluding hydrogens is 264 g/mol. The van der Waals surface area contributed by atoms with E-state index in [1.165, 1.54) is 18.3 Å². The smallest absolute Gasteiger partial charge is 0.219 e. The van der Waals surface area contributed by atoms with Gasteiger partial charge in [-0.1, -0.05) is 17.7 Å². The molecule has 0 unspecified atom stereocenters. The first-order chi connectivity index (χ1) is 8.19. The van der Waals surface area contributed by atoms with Crippen molar-refractivity contribution in [1.29, 1.82) is 0 Å². The van der Waals surface area contributed by atoms with Crippen molar-refractivity contribution in [3.8, 4) is 11.6 Å². The maximum atomic E-state index is 12.9. The van der Waals surface area contributed by atoms with Crippen molar-refractivity contribution in [3.05, 3.63) is 52.9 Å². The van der Waals surface area contributed by atoms with E-state index in [1.807, 2.05) is 0 Å². The maximum Gasteiger partial charge on any atom is 0.219 e. The number of nitrogens with zero attached hydrogens (tertiary/aromatic N) is 1. The van der Waals surface area contributed by atoms with Crippen LogP contribution in [0.3, 0.4) is 0 Å². The number of halogens is 3. The molecule has 5 heteroatoms. The molecule has 17 heavy (non-hydrogen) atoms. The third-order valence-corrected chi connectivity index (χ3v) is 2.70. The molecule has 0 N–H and O–H groups in total. The maximum absolute atomic E-state index is 12.9. The van der Waals surface area contributed by atoms with Gasteiger partial charge in [-0.2, -0.15) is 0 Å². The lowest BCUT2D eigenvalue weighted by atomic mass is 10.3. The van der Waals surface area contributed by atoms with E-state index in [9.17, 15) is 4.39 Å². The summed E-state index contributed by atoms with van der Waals surface area (Å²) in [6.07, 6.45) is 1.45. The first kappa shape index (κ1) is 12.1. The largest absolute Gasteiger partial charge is 0.439 e. The quantitative estimate of drug-likeness (QED) is 0.772. The molecule has 1 heterocycles. The highest BCUT2D eigenvalue weighted by Gasteiger charge is 2.05. The summed E-state index contributed by atoms with van der Waals surface area (Å²) in [7, 11) is 0. The van der Waals surface area contributed by atoms with Gasteiger partial charge in [0.15, 0.2) is 0 Å². The Morgan fingerprint density at radius 3 is 2.82 bits per heavy atom. The molecule has 0 aliphatic heterocycles. The summed E-state index contributed by atoms with van der Waals surface area (Å²) in [5.74, 6) is 0.603. The first-order valence-corrected chi connectivity index (χ1v) is 5.74. The lowest BCUT2D eigenvalue weighted by molar-refractivity contribution is 0.457. The summed E-state index contributed by atoms with van der Waals surface area (Å²) in [5.41, 5.74) is 0.717. The highest BCUT2D eigenvalue weighted by atomic mass is 35.5. The van der Waals surface area contributed by atoms with Gasteiger partial charge in [0.05, 0.1) is 5.02 Å². The molecule has 0 spiro atoms. The molecule has 0 amide bonds. The Morgan fingerprint density at radius 2 is 2.12 bits per heavy atom. The molecule has 0 saturated heterocycles. The first-order valence-electron chi connectivity index (χ1n) is 4.83. The zero-order valence-corrected chi connectivity index (χ0v) is 10.2. The standard InChI is InChI=1S/C12H8Cl2FNO/c13-6-8-4-12(16-7-11(8)14)17-10-3-1-2-9(15)5-10/h1-5,7H,6H2. The molecule has 0 aliphatic rings. The predicted octanol–water partition coefficient (Wildman–Crippen LogP) is 4.41. The van der Waals surface area contributed by atoms with Gasteiger partial charge in [0.1, 0.15) is 11.6 Å². The van der Waals surface area contributed by atoms with E-state index in [1.54, 1.807) is 18.2 Å². The van der Waals surface area contributed by atoms with Crippen LogP contribution in [0, 0.1) is 5.82 Å². The van der Waals surface area contributed by atoms with Crippen LogP contribution in [0.5, 0.6) is 11.6 Å². The fourth-order valence-electron chi connectivity index (χ4n) is 1.27. The average Bonchev–Trinajstić information content (AvgIpc) is 2.32. The third-order valence-electron chi connectivity index (χ3n) is 2.07. The van der Waals surface area contributed by atoms with E-state index in [-0.39, 0.29) is 11.7 Å². The van der Waals surface area contributed by atoms with Gasteiger partial charge in [-0.15, -0.1) is 11.6 Å². The van der Waals surface area contributed by atoms with Crippen LogP contribution in [0.15, 0.2) is 36.5 Å². The van der Waals surface area contributed by atoms with Crippen LogP contribution in [0.4, 0.5) is 4.39 Å². The van der Waals surface area contributed by atoms with E-state index >= 15 is 0 Å². The number of pyridine rings is 1. The number of aromatic nitrogens is 1. The Hall–Kier alpha value is -1.32. The SMILES string of the molecule is Fc1cccc(Oc2cc(CCl)c(Cl)cn2)c1. The minimum absolute atomic E-state index is 0.265. The van der Waals surface area contributed by atoms with Crippen molar-refractivity contribution >= 4 is 23.2 Å². The molecule has 2 rings (SSSR count). The zero-order chi connectivity index (χ0) is 12.3. The second-order valence-electron chi connectivity index (χ2n) is 3.31. The minimum atomic E-state index is -0.367. The second-order valence-corrected chi connectivity index (χ2v) is 3.98. The zero-order valence-electron chi connectivity index (χ0n) is 8.66. The van der Waals surface area contributed by atoms with Crippen LogP contribution in [-0.2, 0) is 5.88 Å². The number of ether oxygens (including phenoxy) is 1. The van der Waals surface area contributed by atoms with Crippen molar-refractivity contribution in [3.63, 3.8) is 0 Å². The number of rotatable bonds is 3. The Balaban J connectivity index is 2.24. The molecule has 0 radical (unpaired) electrons. The monoisotopic (exact) mass is 271 g/mol. The van der Waals surface area contributed by atoms with Gasteiger partial charge in [-0.05, 0) is 17.7 Å². The number of alkyl halides is 1. The second kappa shape index (κ2) is 5.34. The molecule has 0 aliphatic carbocycles. The number of hydrogen-bond donors (Lipinski definition) is 0. The third kappa shape index (κ3) is 3.08.